The smallest absolute Gasteiger partial charge is 0.431 e. The highest BCUT2D eigenvalue weighted by Gasteiger charge is 2.36. The van der Waals surface area contributed by atoms with E-state index in [-0.39, 0.29) is 40.2 Å². The molecule has 1 aliphatic heterocycles. The van der Waals surface area contributed by atoms with Gasteiger partial charge in [0.25, 0.3) is 5.91 Å². The van der Waals surface area contributed by atoms with Crippen LogP contribution >= 0.6 is 0 Å². The van der Waals surface area contributed by atoms with E-state index in [0.29, 0.717) is 35.6 Å². The predicted molar refractivity (Wildman–Crippen MR) is 139 cm³/mol. The molecule has 4 aromatic rings. The molecule has 0 bridgehead atoms. The second-order valence-corrected chi connectivity index (χ2v) is 10.7. The van der Waals surface area contributed by atoms with Gasteiger partial charge in [-0.1, -0.05) is 0 Å². The molecule has 0 aliphatic carbocycles. The third-order valence-electron chi connectivity index (χ3n) is 6.22. The third-order valence-corrected chi connectivity index (χ3v) is 7.48. The normalized spacial score (nSPS) is 13.1. The first kappa shape index (κ1) is 27.1. The Morgan fingerprint density at radius 3 is 2.67 bits per heavy atom. The summed E-state index contributed by atoms with van der Waals surface area (Å²) in [6.45, 7) is 1.29. The number of sulfonamides is 1. The number of carbonyl (C=O) groups excluding carboxylic acids is 1. The molecule has 16 heteroatoms. The number of alkyl halides is 3. The molecule has 3 aromatic heterocycles. The van der Waals surface area contributed by atoms with Crippen molar-refractivity contribution in [3.05, 3.63) is 59.3 Å². The summed E-state index contributed by atoms with van der Waals surface area (Å²) in [5, 5.41) is 5.66. The van der Waals surface area contributed by atoms with Crippen LogP contribution in [0.15, 0.2) is 36.8 Å². The number of nitrogens with one attached hydrogen (secondary N) is 3. The molecule has 0 saturated carbocycles. The van der Waals surface area contributed by atoms with Crippen molar-refractivity contribution in [1.82, 2.24) is 29.8 Å². The first-order valence-electron chi connectivity index (χ1n) is 12.0. The summed E-state index contributed by atoms with van der Waals surface area (Å²) in [7, 11) is -2.25. The van der Waals surface area contributed by atoms with Crippen LogP contribution in [-0.2, 0) is 29.2 Å². The number of fused-ring (bicyclic) bond motifs is 2. The Bertz CT molecular complexity index is 1720. The van der Waals surface area contributed by atoms with Gasteiger partial charge in [-0.15, -0.1) is 0 Å². The fourth-order valence-electron chi connectivity index (χ4n) is 4.29. The summed E-state index contributed by atoms with van der Waals surface area (Å²) in [6.07, 6.45) is -0.524. The van der Waals surface area contributed by atoms with Gasteiger partial charge in [0.2, 0.25) is 16.0 Å². The fraction of sp³-hybridized carbons (Fsp3) is 0.292. The van der Waals surface area contributed by atoms with Crippen LogP contribution < -0.4 is 20.1 Å². The van der Waals surface area contributed by atoms with Gasteiger partial charge >= 0.3 is 6.18 Å². The lowest BCUT2D eigenvalue weighted by molar-refractivity contribution is -0.143. The largest absolute Gasteiger partial charge is 0.491 e. The van der Waals surface area contributed by atoms with Crippen LogP contribution in [0.5, 0.6) is 5.75 Å². The molecule has 210 valence electrons. The Balaban J connectivity index is 1.56. The number of hydrogen-bond acceptors (Lipinski definition) is 9. The minimum Gasteiger partial charge on any atom is -0.491 e. The van der Waals surface area contributed by atoms with Crippen LogP contribution in [0.4, 0.5) is 30.6 Å². The van der Waals surface area contributed by atoms with Gasteiger partial charge < -0.3 is 19.9 Å². The van der Waals surface area contributed by atoms with Gasteiger partial charge in [0.1, 0.15) is 22.8 Å². The summed E-state index contributed by atoms with van der Waals surface area (Å²) < 4.78 is 75.3. The highest BCUT2D eigenvalue weighted by Crippen LogP contribution is 2.38. The van der Waals surface area contributed by atoms with Crippen molar-refractivity contribution in [1.29, 1.82) is 0 Å². The second kappa shape index (κ2) is 10.3. The van der Waals surface area contributed by atoms with Crippen molar-refractivity contribution in [2.24, 2.45) is 0 Å². The maximum absolute atomic E-state index is 14.1. The number of ether oxygens (including phenoxy) is 1. The highest BCUT2D eigenvalue weighted by atomic mass is 32.2. The molecule has 1 aliphatic rings. The zero-order valence-electron chi connectivity index (χ0n) is 21.2. The number of halogens is 3. The fourth-order valence-corrected chi connectivity index (χ4v) is 4.90. The average Bonchev–Trinajstić information content (AvgIpc) is 3.55. The Morgan fingerprint density at radius 1 is 1.18 bits per heavy atom. The van der Waals surface area contributed by atoms with Gasteiger partial charge in [-0.2, -0.15) is 18.2 Å². The Hall–Kier alpha value is -4.47. The molecule has 12 nitrogen and oxygen atoms in total. The molecule has 0 spiro atoms. The quantitative estimate of drug-likeness (QED) is 0.287. The number of carbonyl (C=O) groups is 1. The van der Waals surface area contributed by atoms with E-state index in [1.54, 1.807) is 12.1 Å². The van der Waals surface area contributed by atoms with Crippen molar-refractivity contribution < 1.29 is 31.1 Å². The van der Waals surface area contributed by atoms with Gasteiger partial charge in [-0.25, -0.2) is 18.4 Å². The topological polar surface area (TPSA) is 153 Å². The number of benzene rings is 1. The van der Waals surface area contributed by atoms with E-state index in [2.05, 4.69) is 35.3 Å². The Morgan fingerprint density at radius 2 is 1.95 bits per heavy atom. The van der Waals surface area contributed by atoms with Gasteiger partial charge in [0.15, 0.2) is 5.82 Å². The number of rotatable bonds is 8. The minimum atomic E-state index is -4.76. The molecular weight excluding hydrogens is 553 g/mol. The van der Waals surface area contributed by atoms with Crippen LogP contribution in [0.25, 0.3) is 11.0 Å². The van der Waals surface area contributed by atoms with Crippen molar-refractivity contribution >= 4 is 44.4 Å². The highest BCUT2D eigenvalue weighted by molar-refractivity contribution is 7.92. The van der Waals surface area contributed by atoms with E-state index in [4.69, 9.17) is 4.74 Å². The molecule has 3 N–H and O–H groups in total. The molecule has 0 saturated heterocycles. The summed E-state index contributed by atoms with van der Waals surface area (Å²) >= 11 is 0. The van der Waals surface area contributed by atoms with E-state index in [1.165, 1.54) is 32.6 Å². The van der Waals surface area contributed by atoms with Crippen molar-refractivity contribution in [2.75, 3.05) is 29.4 Å². The van der Waals surface area contributed by atoms with Crippen molar-refractivity contribution in [3.8, 4) is 5.75 Å². The first-order chi connectivity index (χ1) is 19.0. The van der Waals surface area contributed by atoms with Crippen LogP contribution in [-0.4, -0.2) is 58.2 Å². The van der Waals surface area contributed by atoms with Crippen molar-refractivity contribution in [2.45, 2.75) is 26.1 Å². The molecule has 1 aromatic carbocycles. The number of nitrogens with zero attached hydrogens (tertiary/aromatic N) is 5. The standard InChI is InChI=1S/C24H23F3N8O4S/c1-3-40(37,38)34-20-17(29-7-8-30-20)12-35-18(24(25,26)27)10-13-11-31-23(33-21(13)35)32-16-5-4-15(22(36)28-2)14-6-9-39-19(14)16/h4-5,7-8,10-11H,3,6,9,12H2,1-2H3,(H,28,36)(H,30,34)(H,31,32,33). The van der Waals surface area contributed by atoms with Crippen LogP contribution in [0.2, 0.25) is 0 Å². The molecule has 5 rings (SSSR count). The molecule has 0 unspecified atom stereocenters. The van der Waals surface area contributed by atoms with Gasteiger partial charge in [0, 0.05) is 48.6 Å². The predicted octanol–water partition coefficient (Wildman–Crippen LogP) is 3.09. The van der Waals surface area contributed by atoms with Crippen molar-refractivity contribution in [3.63, 3.8) is 0 Å². The maximum Gasteiger partial charge on any atom is 0.431 e. The SMILES string of the molecule is CCS(=O)(=O)Nc1nccnc1Cn1c(C(F)(F)F)cc2cnc(Nc3ccc(C(=O)NC)c4c3OCC4)nc21. The summed E-state index contributed by atoms with van der Waals surface area (Å²) in [5.74, 6) is -0.299. The lowest BCUT2D eigenvalue weighted by Crippen LogP contribution is -2.20. The van der Waals surface area contributed by atoms with Gasteiger partial charge in [0.05, 0.1) is 24.6 Å². The zero-order chi connectivity index (χ0) is 28.7. The molecule has 4 heterocycles. The number of aromatic nitrogens is 5. The Labute approximate surface area is 226 Å². The molecule has 1 amide bonds. The monoisotopic (exact) mass is 576 g/mol. The molecule has 0 atom stereocenters. The maximum atomic E-state index is 14.1. The van der Waals surface area contributed by atoms with Gasteiger partial charge in [-0.05, 0) is 25.1 Å². The minimum absolute atomic E-state index is 0.0166. The number of anilines is 3. The van der Waals surface area contributed by atoms with Crippen LogP contribution in [0.3, 0.4) is 0 Å². The molecule has 0 fully saturated rings. The first-order valence-corrected chi connectivity index (χ1v) is 13.7. The summed E-state index contributed by atoms with van der Waals surface area (Å²) in [4.78, 5) is 28.8. The van der Waals surface area contributed by atoms with E-state index >= 15 is 0 Å². The summed E-state index contributed by atoms with van der Waals surface area (Å²) in [6, 6.07) is 4.13. The molecule has 0 radical (unpaired) electrons. The van der Waals surface area contributed by atoms with E-state index < -0.39 is 28.4 Å². The van der Waals surface area contributed by atoms with Crippen LogP contribution in [0.1, 0.15) is 34.2 Å². The zero-order valence-corrected chi connectivity index (χ0v) is 22.0. The summed E-state index contributed by atoms with van der Waals surface area (Å²) in [5.41, 5.74) is 0.463. The molecule has 40 heavy (non-hydrogen) atoms. The van der Waals surface area contributed by atoms with E-state index in [1.807, 2.05) is 0 Å². The lowest BCUT2D eigenvalue weighted by atomic mass is 10.0. The lowest BCUT2D eigenvalue weighted by Gasteiger charge is -2.15. The average molecular weight is 577 g/mol. The third kappa shape index (κ3) is 5.21. The second-order valence-electron chi connectivity index (χ2n) is 8.71. The van der Waals surface area contributed by atoms with Gasteiger partial charge in [-0.3, -0.25) is 14.5 Å². The Kier molecular flexibility index (Phi) is 6.95. The van der Waals surface area contributed by atoms with Crippen LogP contribution in [0, 0.1) is 0 Å². The number of hydrogen-bond donors (Lipinski definition) is 3. The molecular formula is C24H23F3N8O4S. The van der Waals surface area contributed by atoms with E-state index in [0.717, 1.165) is 10.6 Å². The van der Waals surface area contributed by atoms with E-state index in [9.17, 15) is 26.4 Å². The number of amides is 1.